The van der Waals surface area contributed by atoms with Crippen molar-refractivity contribution < 1.29 is 5.11 Å². The first-order chi connectivity index (χ1) is 6.64. The summed E-state index contributed by atoms with van der Waals surface area (Å²) in [5.41, 5.74) is 0. The average Bonchev–Trinajstić information content (AvgIpc) is 2.52. The van der Waals surface area contributed by atoms with Gasteiger partial charge in [-0.25, -0.2) is 0 Å². The van der Waals surface area contributed by atoms with Crippen molar-refractivity contribution in [2.24, 2.45) is 47.3 Å². The number of fused-ring (bicyclic) bond motifs is 2. The molecule has 5 aliphatic carbocycles. The number of hydrogen-bond donors (Lipinski definition) is 2. The highest BCUT2D eigenvalue weighted by atomic mass is 35.5. The fraction of sp³-hybridized carbons (Fsp3) is 1.00. The molecule has 14 heavy (non-hydrogen) atoms. The van der Waals surface area contributed by atoms with E-state index in [4.69, 9.17) is 11.6 Å². The molecule has 5 saturated carbocycles. The second-order valence-corrected chi connectivity index (χ2v) is 7.37. The molecule has 1 N–H and O–H groups in total. The van der Waals surface area contributed by atoms with Gasteiger partial charge in [0, 0.05) is 17.2 Å². The Bertz CT molecular complexity index is 357. The third-order valence-corrected chi connectivity index (χ3v) is 7.52. The highest BCUT2D eigenvalue weighted by Gasteiger charge is 2.86. The van der Waals surface area contributed by atoms with E-state index < -0.39 is 4.93 Å². The van der Waals surface area contributed by atoms with Gasteiger partial charge in [-0.3, -0.25) is 0 Å². The fourth-order valence-electron chi connectivity index (χ4n) is 6.44. The van der Waals surface area contributed by atoms with E-state index >= 15 is 0 Å². The van der Waals surface area contributed by atoms with Crippen LogP contribution in [0.5, 0.6) is 0 Å². The lowest BCUT2D eigenvalue weighted by Crippen LogP contribution is -2.54. The van der Waals surface area contributed by atoms with E-state index in [-0.39, 0.29) is 0 Å². The van der Waals surface area contributed by atoms with Gasteiger partial charge in [-0.05, 0) is 41.9 Å². The van der Waals surface area contributed by atoms with Crippen LogP contribution in [0.15, 0.2) is 0 Å². The summed E-state index contributed by atoms with van der Waals surface area (Å²) in [5.74, 6) is 5.42. The van der Waals surface area contributed by atoms with Crippen molar-refractivity contribution in [1.29, 1.82) is 0 Å². The predicted octanol–water partition coefficient (Wildman–Crippen LogP) is 1.60. The Morgan fingerprint density at radius 2 is 1.86 bits per heavy atom. The van der Waals surface area contributed by atoms with Crippen LogP contribution in [-0.2, 0) is 0 Å². The summed E-state index contributed by atoms with van der Waals surface area (Å²) in [4.78, 5) is -0.655. The van der Waals surface area contributed by atoms with Gasteiger partial charge in [-0.15, -0.1) is 24.2 Å². The first-order valence-corrected chi connectivity index (χ1v) is 6.61. The summed E-state index contributed by atoms with van der Waals surface area (Å²) in [6, 6.07) is 0. The molecule has 0 aromatic rings. The van der Waals surface area contributed by atoms with Gasteiger partial charge in [0.2, 0.25) is 0 Å². The number of halogens is 1. The van der Waals surface area contributed by atoms with Crippen molar-refractivity contribution in [3.8, 4) is 0 Å². The number of thiol groups is 1. The van der Waals surface area contributed by atoms with Crippen molar-refractivity contribution in [2.45, 2.75) is 16.7 Å². The normalized spacial score (nSPS) is 85.5. The van der Waals surface area contributed by atoms with Crippen LogP contribution >= 0.6 is 24.2 Å². The van der Waals surface area contributed by atoms with Crippen molar-refractivity contribution >= 4 is 24.2 Å². The van der Waals surface area contributed by atoms with Crippen LogP contribution in [0.3, 0.4) is 0 Å². The van der Waals surface area contributed by atoms with Gasteiger partial charge < -0.3 is 5.11 Å². The summed E-state index contributed by atoms with van der Waals surface area (Å²) in [5, 5.41) is 10.9. The molecule has 0 radical (unpaired) electrons. The standard InChI is InChI=1S/C11H13ClOS/c12-10-6-2-1-3-5-4(2)7(10)9(5)11(13,14)8(3)6/h2-10,13-14H,1H2. The Hall–Kier alpha value is 0.600. The van der Waals surface area contributed by atoms with Gasteiger partial charge in [0.05, 0.1) is 0 Å². The highest BCUT2D eigenvalue weighted by Crippen LogP contribution is 2.86. The molecule has 0 amide bonds. The molecule has 0 aromatic carbocycles. The van der Waals surface area contributed by atoms with Gasteiger partial charge in [-0.1, -0.05) is 0 Å². The molecule has 0 aromatic heterocycles. The van der Waals surface area contributed by atoms with E-state index in [1.54, 1.807) is 0 Å². The SMILES string of the molecule is OC1(S)C2C3CC4C5C(C(Cl)C42)C1C35. The van der Waals surface area contributed by atoms with Gasteiger partial charge in [0.25, 0.3) is 0 Å². The van der Waals surface area contributed by atoms with Crippen LogP contribution < -0.4 is 0 Å². The zero-order chi connectivity index (χ0) is 9.40. The smallest absolute Gasteiger partial charge is 0.114 e. The zero-order valence-corrected chi connectivity index (χ0v) is 9.33. The fourth-order valence-corrected chi connectivity index (χ4v) is 7.81. The molecule has 3 heteroatoms. The molecule has 76 valence electrons. The van der Waals surface area contributed by atoms with Crippen molar-refractivity contribution in [3.63, 3.8) is 0 Å². The summed E-state index contributed by atoms with van der Waals surface area (Å²) >= 11 is 11.1. The van der Waals surface area contributed by atoms with Gasteiger partial charge in [-0.2, -0.15) is 0 Å². The lowest BCUT2D eigenvalue weighted by Gasteiger charge is -2.51. The Morgan fingerprint density at radius 1 is 1.07 bits per heavy atom. The van der Waals surface area contributed by atoms with Crippen LogP contribution in [0.4, 0.5) is 0 Å². The summed E-state index contributed by atoms with van der Waals surface area (Å²) in [6.45, 7) is 0. The van der Waals surface area contributed by atoms with Crippen LogP contribution in [0.2, 0.25) is 0 Å². The third kappa shape index (κ3) is 0.462. The number of aliphatic hydroxyl groups is 1. The molecule has 2 bridgehead atoms. The van der Waals surface area contributed by atoms with E-state index in [2.05, 4.69) is 12.6 Å². The van der Waals surface area contributed by atoms with Crippen LogP contribution in [0.25, 0.3) is 0 Å². The lowest BCUT2D eigenvalue weighted by molar-refractivity contribution is -0.0673. The zero-order valence-electron chi connectivity index (χ0n) is 7.68. The summed E-state index contributed by atoms with van der Waals surface area (Å²) < 4.78 is 0. The lowest BCUT2D eigenvalue weighted by atomic mass is 9.59. The molecule has 0 heterocycles. The maximum Gasteiger partial charge on any atom is 0.114 e. The van der Waals surface area contributed by atoms with E-state index in [0.717, 1.165) is 23.7 Å². The quantitative estimate of drug-likeness (QED) is 0.367. The first-order valence-electron chi connectivity index (χ1n) is 5.73. The Morgan fingerprint density at radius 3 is 2.64 bits per heavy atom. The number of alkyl halides is 1. The van der Waals surface area contributed by atoms with Crippen molar-refractivity contribution in [1.82, 2.24) is 0 Å². The largest absolute Gasteiger partial charge is 0.379 e. The van der Waals surface area contributed by atoms with E-state index in [1.807, 2.05) is 0 Å². The maximum atomic E-state index is 10.5. The molecule has 10 unspecified atom stereocenters. The predicted molar refractivity (Wildman–Crippen MR) is 56.1 cm³/mol. The van der Waals surface area contributed by atoms with Gasteiger partial charge in [0.15, 0.2) is 0 Å². The molecule has 0 saturated heterocycles. The van der Waals surface area contributed by atoms with E-state index in [0.29, 0.717) is 29.0 Å². The molecular formula is C11H13ClOS. The maximum absolute atomic E-state index is 10.5. The molecular weight excluding hydrogens is 216 g/mol. The first kappa shape index (κ1) is 7.81. The second-order valence-electron chi connectivity index (χ2n) is 6.15. The average molecular weight is 229 g/mol. The minimum atomic E-state index is -0.655. The van der Waals surface area contributed by atoms with Crippen molar-refractivity contribution in [2.75, 3.05) is 0 Å². The van der Waals surface area contributed by atoms with Crippen LogP contribution in [0, 0.1) is 47.3 Å². The molecule has 0 spiro atoms. The monoisotopic (exact) mass is 228 g/mol. The van der Waals surface area contributed by atoms with Crippen LogP contribution in [0.1, 0.15) is 6.42 Å². The second kappa shape index (κ2) is 1.80. The Balaban J connectivity index is 1.83. The third-order valence-electron chi connectivity index (χ3n) is 6.34. The number of hydrogen-bond acceptors (Lipinski definition) is 2. The van der Waals surface area contributed by atoms with Crippen molar-refractivity contribution in [3.05, 3.63) is 0 Å². The molecule has 1 nitrogen and oxygen atoms in total. The number of rotatable bonds is 0. The minimum absolute atomic E-state index is 0.371. The molecule has 5 rings (SSSR count). The molecule has 5 fully saturated rings. The van der Waals surface area contributed by atoms with E-state index in [9.17, 15) is 5.11 Å². The molecule has 10 atom stereocenters. The molecule has 5 aliphatic rings. The molecule has 0 aliphatic heterocycles. The Labute approximate surface area is 93.6 Å². The summed E-state index contributed by atoms with van der Waals surface area (Å²) in [7, 11) is 0. The highest BCUT2D eigenvalue weighted by molar-refractivity contribution is 7.81. The van der Waals surface area contributed by atoms with Gasteiger partial charge >= 0.3 is 0 Å². The summed E-state index contributed by atoms with van der Waals surface area (Å²) in [6.07, 6.45) is 1.35. The Kier molecular flexibility index (Phi) is 1.01. The van der Waals surface area contributed by atoms with Gasteiger partial charge in [0.1, 0.15) is 4.93 Å². The van der Waals surface area contributed by atoms with E-state index in [1.165, 1.54) is 6.42 Å². The minimum Gasteiger partial charge on any atom is -0.379 e. The van der Waals surface area contributed by atoms with Crippen LogP contribution in [-0.4, -0.2) is 15.4 Å². The topological polar surface area (TPSA) is 20.2 Å².